The number of halogens is 4. The molecule has 0 fully saturated rings. The number of benzene rings is 2. The van der Waals surface area contributed by atoms with Gasteiger partial charge in [-0.05, 0) is 47.4 Å². The molecule has 1 heterocycles. The van der Waals surface area contributed by atoms with E-state index in [-0.39, 0.29) is 16.1 Å². The number of aliphatic imine (C=N–C) groups is 1. The fourth-order valence-corrected chi connectivity index (χ4v) is 3.11. The Morgan fingerprint density at radius 2 is 1.79 bits per heavy atom. The van der Waals surface area contributed by atoms with Crippen LogP contribution in [0.15, 0.2) is 59.7 Å². The van der Waals surface area contributed by atoms with Crippen LogP contribution in [0, 0.1) is 17.1 Å². The zero-order valence-corrected chi connectivity index (χ0v) is 16.3. The second-order valence-corrected chi connectivity index (χ2v) is 7.00. The highest BCUT2D eigenvalue weighted by Crippen LogP contribution is 2.32. The smallest absolute Gasteiger partial charge is 0.141 e. The third kappa shape index (κ3) is 4.42. The largest absolute Gasteiger partial charge is 0.858 e. The summed E-state index contributed by atoms with van der Waals surface area (Å²) in [4.78, 5) is 8.39. The quantitative estimate of drug-likeness (QED) is 0.432. The topological polar surface area (TPSA) is 72.1 Å². The molecule has 0 radical (unpaired) electrons. The highest BCUT2D eigenvalue weighted by atomic mass is 35.5. The van der Waals surface area contributed by atoms with Gasteiger partial charge in [0.1, 0.15) is 17.9 Å². The van der Waals surface area contributed by atoms with Crippen LogP contribution < -0.4 is 5.11 Å². The standard InChI is InChI=1S/C20H11Cl3FN3O/c21-14-5-3-11(4-6-14)18(19-16(23)8-15(22)10-26-19)27-20(28)12-1-2-13(9-25)17(24)7-12/h1-8,10,18H,(H,27,28)/p-1. The van der Waals surface area contributed by atoms with Crippen LogP contribution in [0.4, 0.5) is 4.39 Å². The maximum atomic E-state index is 13.9. The summed E-state index contributed by atoms with van der Waals surface area (Å²) in [5.41, 5.74) is 0.771. The molecule has 0 saturated heterocycles. The van der Waals surface area contributed by atoms with Crippen LogP contribution in [0.2, 0.25) is 15.1 Å². The molecule has 0 bridgehead atoms. The average Bonchev–Trinajstić information content (AvgIpc) is 2.67. The van der Waals surface area contributed by atoms with Crippen LogP contribution in [0.3, 0.4) is 0 Å². The van der Waals surface area contributed by atoms with E-state index in [4.69, 9.17) is 40.1 Å². The molecule has 0 aliphatic heterocycles. The molecule has 4 nitrogen and oxygen atoms in total. The molecule has 1 unspecified atom stereocenters. The van der Waals surface area contributed by atoms with E-state index in [0.717, 1.165) is 6.07 Å². The first-order valence-electron chi connectivity index (χ1n) is 7.90. The molecule has 3 rings (SSSR count). The van der Waals surface area contributed by atoms with Gasteiger partial charge in [0.2, 0.25) is 0 Å². The minimum absolute atomic E-state index is 0.000509. The zero-order valence-electron chi connectivity index (χ0n) is 14.0. The molecule has 0 saturated carbocycles. The van der Waals surface area contributed by atoms with Gasteiger partial charge >= 0.3 is 0 Å². The summed E-state index contributed by atoms with van der Waals surface area (Å²) < 4.78 is 13.9. The van der Waals surface area contributed by atoms with Crippen molar-refractivity contribution in [1.82, 2.24) is 4.98 Å². The van der Waals surface area contributed by atoms with Crippen molar-refractivity contribution in [3.8, 4) is 6.07 Å². The first-order chi connectivity index (χ1) is 13.4. The van der Waals surface area contributed by atoms with Crippen molar-refractivity contribution >= 4 is 40.7 Å². The first kappa shape index (κ1) is 20.1. The summed E-state index contributed by atoms with van der Waals surface area (Å²) in [5, 5.41) is 22.6. The summed E-state index contributed by atoms with van der Waals surface area (Å²) in [6.07, 6.45) is 1.40. The molecule has 8 heteroatoms. The Hall–Kier alpha value is -2.65. The van der Waals surface area contributed by atoms with Crippen molar-refractivity contribution in [3.63, 3.8) is 0 Å². The molecule has 3 aromatic rings. The Kier molecular flexibility index (Phi) is 6.15. The number of hydrogen-bond acceptors (Lipinski definition) is 4. The van der Waals surface area contributed by atoms with E-state index in [1.807, 2.05) is 0 Å². The number of nitriles is 1. The third-order valence-electron chi connectivity index (χ3n) is 3.86. The Morgan fingerprint density at radius 1 is 1.07 bits per heavy atom. The maximum absolute atomic E-state index is 13.9. The fraction of sp³-hybridized carbons (Fsp3) is 0.0500. The monoisotopic (exact) mass is 432 g/mol. The Labute approximate surface area is 175 Å². The van der Waals surface area contributed by atoms with Crippen molar-refractivity contribution in [2.75, 3.05) is 0 Å². The number of pyridine rings is 1. The van der Waals surface area contributed by atoms with E-state index in [1.165, 1.54) is 24.4 Å². The molecule has 28 heavy (non-hydrogen) atoms. The van der Waals surface area contributed by atoms with Crippen molar-refractivity contribution < 1.29 is 9.50 Å². The second kappa shape index (κ2) is 8.57. The van der Waals surface area contributed by atoms with Gasteiger partial charge in [-0.15, -0.1) is 0 Å². The lowest BCUT2D eigenvalue weighted by Gasteiger charge is -2.19. The molecule has 0 aliphatic carbocycles. The number of rotatable bonds is 4. The molecule has 140 valence electrons. The lowest BCUT2D eigenvalue weighted by Crippen LogP contribution is -2.21. The van der Waals surface area contributed by atoms with Crippen molar-refractivity contribution in [2.45, 2.75) is 6.04 Å². The minimum atomic E-state index is -0.853. The summed E-state index contributed by atoms with van der Waals surface area (Å²) >= 11 is 18.1. The van der Waals surface area contributed by atoms with E-state index >= 15 is 0 Å². The molecule has 0 aliphatic rings. The Morgan fingerprint density at radius 3 is 2.39 bits per heavy atom. The van der Waals surface area contributed by atoms with E-state index in [1.54, 1.807) is 30.3 Å². The molecule has 0 N–H and O–H groups in total. The summed E-state index contributed by atoms with van der Waals surface area (Å²) in [5.74, 6) is -1.48. The van der Waals surface area contributed by atoms with E-state index in [0.29, 0.717) is 21.3 Å². The van der Waals surface area contributed by atoms with Gasteiger partial charge in [-0.2, -0.15) is 5.26 Å². The van der Waals surface area contributed by atoms with Crippen LogP contribution in [0.25, 0.3) is 0 Å². The van der Waals surface area contributed by atoms with Gasteiger partial charge in [0.25, 0.3) is 0 Å². The minimum Gasteiger partial charge on any atom is -0.858 e. The van der Waals surface area contributed by atoms with Gasteiger partial charge < -0.3 is 5.11 Å². The molecular weight excluding hydrogens is 424 g/mol. The lowest BCUT2D eigenvalue weighted by molar-refractivity contribution is -0.213. The molecule has 2 aromatic carbocycles. The van der Waals surface area contributed by atoms with Gasteiger partial charge in [0.05, 0.1) is 21.3 Å². The average molecular weight is 434 g/mol. The predicted molar refractivity (Wildman–Crippen MR) is 105 cm³/mol. The van der Waals surface area contributed by atoms with Crippen LogP contribution >= 0.6 is 34.8 Å². The molecule has 0 amide bonds. The third-order valence-corrected chi connectivity index (χ3v) is 4.63. The lowest BCUT2D eigenvalue weighted by atomic mass is 10.0. The summed E-state index contributed by atoms with van der Waals surface area (Å²) in [7, 11) is 0. The zero-order chi connectivity index (χ0) is 20.3. The van der Waals surface area contributed by atoms with Crippen molar-refractivity contribution in [1.29, 1.82) is 5.26 Å². The van der Waals surface area contributed by atoms with Gasteiger partial charge in [-0.3, -0.25) is 9.98 Å². The number of aromatic nitrogens is 1. The highest BCUT2D eigenvalue weighted by Gasteiger charge is 2.18. The normalized spacial score (nSPS) is 12.5. The van der Waals surface area contributed by atoms with Crippen LogP contribution in [-0.4, -0.2) is 10.9 Å². The number of nitrogens with zero attached hydrogens (tertiary/aromatic N) is 3. The molecular formula is C20H10Cl3FN3O-. The first-order valence-corrected chi connectivity index (χ1v) is 9.03. The summed E-state index contributed by atoms with van der Waals surface area (Å²) in [6.45, 7) is 0. The number of hydrogen-bond donors (Lipinski definition) is 0. The van der Waals surface area contributed by atoms with Gasteiger partial charge in [-0.25, -0.2) is 4.39 Å². The SMILES string of the molecule is N#Cc1ccc(C([O-])=NC(c2ccc(Cl)cc2)c2ncc(Cl)cc2Cl)cc1F. The second-order valence-electron chi connectivity index (χ2n) is 5.72. The fourth-order valence-electron chi connectivity index (χ4n) is 2.50. The highest BCUT2D eigenvalue weighted by molar-refractivity contribution is 6.34. The molecule has 1 aromatic heterocycles. The van der Waals surface area contributed by atoms with E-state index < -0.39 is 17.8 Å². The van der Waals surface area contributed by atoms with Gasteiger partial charge in [0, 0.05) is 11.2 Å². The van der Waals surface area contributed by atoms with Crippen LogP contribution in [0.5, 0.6) is 0 Å². The van der Waals surface area contributed by atoms with Crippen LogP contribution in [-0.2, 0) is 0 Å². The van der Waals surface area contributed by atoms with E-state index in [9.17, 15) is 9.50 Å². The molecule has 1 atom stereocenters. The van der Waals surface area contributed by atoms with Crippen molar-refractivity contribution in [2.24, 2.45) is 4.99 Å². The van der Waals surface area contributed by atoms with E-state index in [2.05, 4.69) is 9.98 Å². The summed E-state index contributed by atoms with van der Waals surface area (Å²) in [6, 6.07) is 12.6. The van der Waals surface area contributed by atoms with Crippen molar-refractivity contribution in [3.05, 3.63) is 98.0 Å². The Bertz CT molecular complexity index is 1090. The maximum Gasteiger partial charge on any atom is 0.141 e. The van der Waals surface area contributed by atoms with Gasteiger partial charge in [0.15, 0.2) is 0 Å². The Balaban J connectivity index is 2.11. The van der Waals surface area contributed by atoms with Crippen LogP contribution in [0.1, 0.15) is 28.4 Å². The van der Waals surface area contributed by atoms with Gasteiger partial charge in [-0.1, -0.05) is 53.0 Å². The predicted octanol–water partition coefficient (Wildman–Crippen LogP) is 4.95. The molecule has 0 spiro atoms.